The van der Waals surface area contributed by atoms with E-state index in [1.54, 1.807) is 6.92 Å². The van der Waals surface area contributed by atoms with Crippen LogP contribution in [-0.4, -0.2) is 22.5 Å². The van der Waals surface area contributed by atoms with E-state index in [0.717, 1.165) is 12.3 Å². The first kappa shape index (κ1) is 14.2. The van der Waals surface area contributed by atoms with Gasteiger partial charge >= 0.3 is 5.97 Å². The summed E-state index contributed by atoms with van der Waals surface area (Å²) in [6, 6.07) is 3.92. The highest BCUT2D eigenvalue weighted by Crippen LogP contribution is 2.21. The summed E-state index contributed by atoms with van der Waals surface area (Å²) < 4.78 is 17.8. The van der Waals surface area contributed by atoms with Crippen molar-refractivity contribution < 1.29 is 13.9 Å². The number of ether oxygens (including phenoxy) is 1. The molecule has 1 aromatic carbocycles. The molecule has 2 aromatic rings. The highest BCUT2D eigenvalue weighted by molar-refractivity contribution is 6.31. The number of hydrogen-bond acceptors (Lipinski definition) is 4. The molecule has 1 aromatic heterocycles. The van der Waals surface area contributed by atoms with Crippen LogP contribution in [0, 0.1) is 5.82 Å². The van der Waals surface area contributed by atoms with Crippen LogP contribution in [0.4, 0.5) is 4.39 Å². The van der Waals surface area contributed by atoms with E-state index in [4.69, 9.17) is 16.3 Å². The average molecular weight is 297 g/mol. The topological polar surface area (TPSA) is 72.0 Å². The highest BCUT2D eigenvalue weighted by atomic mass is 35.5. The van der Waals surface area contributed by atoms with Crippen LogP contribution in [0.1, 0.15) is 17.3 Å². The smallest absolute Gasteiger partial charge is 0.345 e. The molecule has 0 amide bonds. The zero-order valence-corrected chi connectivity index (χ0v) is 11.2. The molecule has 1 heterocycles. The van der Waals surface area contributed by atoms with Crippen molar-refractivity contribution in [3.8, 4) is 11.4 Å². The molecule has 5 nitrogen and oxygen atoms in total. The van der Waals surface area contributed by atoms with Gasteiger partial charge in [-0.15, -0.1) is 0 Å². The zero-order chi connectivity index (χ0) is 14.7. The summed E-state index contributed by atoms with van der Waals surface area (Å²) in [5, 5.41) is -0.0837. The van der Waals surface area contributed by atoms with Gasteiger partial charge in [0.15, 0.2) is 0 Å². The molecular formula is C13H10ClFN2O3. The quantitative estimate of drug-likeness (QED) is 0.883. The number of H-pyrrole nitrogens is 1. The Morgan fingerprint density at radius 2 is 2.25 bits per heavy atom. The number of nitrogens with one attached hydrogen (secondary N) is 1. The monoisotopic (exact) mass is 296 g/mol. The fourth-order valence-electron chi connectivity index (χ4n) is 1.54. The van der Waals surface area contributed by atoms with Crippen LogP contribution in [0.5, 0.6) is 0 Å². The summed E-state index contributed by atoms with van der Waals surface area (Å²) in [6.07, 6.45) is 1.11. The van der Waals surface area contributed by atoms with Gasteiger partial charge in [-0.25, -0.2) is 14.2 Å². The van der Waals surface area contributed by atoms with E-state index in [-0.39, 0.29) is 23.0 Å². The largest absolute Gasteiger partial charge is 0.462 e. The van der Waals surface area contributed by atoms with Gasteiger partial charge in [0.05, 0.1) is 11.6 Å². The minimum absolute atomic E-state index is 0.0837. The molecule has 0 spiro atoms. The minimum Gasteiger partial charge on any atom is -0.462 e. The number of aromatic amines is 1. The summed E-state index contributed by atoms with van der Waals surface area (Å²) in [5.41, 5.74) is -0.387. The number of rotatable bonds is 3. The molecule has 20 heavy (non-hydrogen) atoms. The van der Waals surface area contributed by atoms with E-state index < -0.39 is 17.3 Å². The Hall–Kier alpha value is -2.21. The molecule has 0 aliphatic heterocycles. The molecule has 0 atom stereocenters. The van der Waals surface area contributed by atoms with Gasteiger partial charge < -0.3 is 9.72 Å². The summed E-state index contributed by atoms with van der Waals surface area (Å²) in [7, 11) is 0. The Labute approximate surface area is 118 Å². The third-order valence-electron chi connectivity index (χ3n) is 2.49. The Balaban J connectivity index is 2.40. The van der Waals surface area contributed by atoms with Gasteiger partial charge in [-0.2, -0.15) is 0 Å². The second kappa shape index (κ2) is 5.83. The van der Waals surface area contributed by atoms with Crippen molar-refractivity contribution in [1.82, 2.24) is 9.97 Å². The first-order valence-electron chi connectivity index (χ1n) is 5.74. The van der Waals surface area contributed by atoms with E-state index in [0.29, 0.717) is 5.56 Å². The van der Waals surface area contributed by atoms with E-state index >= 15 is 0 Å². The average Bonchev–Trinajstić information content (AvgIpc) is 2.42. The molecule has 0 saturated heterocycles. The molecular weight excluding hydrogens is 287 g/mol. The van der Waals surface area contributed by atoms with Crippen molar-refractivity contribution in [2.24, 2.45) is 0 Å². The fraction of sp³-hybridized carbons (Fsp3) is 0.154. The molecule has 7 heteroatoms. The number of hydrogen-bond donors (Lipinski definition) is 1. The molecule has 0 unspecified atom stereocenters. The first-order chi connectivity index (χ1) is 9.52. The predicted octanol–water partition coefficient (Wildman–Crippen LogP) is 2.41. The van der Waals surface area contributed by atoms with Gasteiger partial charge in [-0.05, 0) is 25.1 Å². The Bertz CT molecular complexity index is 715. The predicted molar refractivity (Wildman–Crippen MR) is 71.2 cm³/mol. The van der Waals surface area contributed by atoms with E-state index in [9.17, 15) is 14.0 Å². The summed E-state index contributed by atoms with van der Waals surface area (Å²) in [5.74, 6) is -1.13. The van der Waals surface area contributed by atoms with Gasteiger partial charge in [0, 0.05) is 11.8 Å². The van der Waals surface area contributed by atoms with Gasteiger partial charge in [0.2, 0.25) is 0 Å². The van der Waals surface area contributed by atoms with Crippen molar-refractivity contribution >= 4 is 17.6 Å². The molecule has 0 bridgehead atoms. The number of nitrogens with zero attached hydrogens (tertiary/aromatic N) is 1. The number of carbonyl (C=O) groups excluding carboxylic acids is 1. The molecule has 1 N–H and O–H groups in total. The zero-order valence-electron chi connectivity index (χ0n) is 10.4. The van der Waals surface area contributed by atoms with Gasteiger partial charge in [-0.3, -0.25) is 4.79 Å². The molecule has 2 rings (SSSR count). The van der Waals surface area contributed by atoms with Crippen molar-refractivity contribution in [1.29, 1.82) is 0 Å². The Morgan fingerprint density at radius 3 is 2.85 bits per heavy atom. The number of esters is 1. The molecule has 104 valence electrons. The summed E-state index contributed by atoms with van der Waals surface area (Å²) in [4.78, 5) is 29.6. The molecule has 0 aliphatic rings. The summed E-state index contributed by atoms with van der Waals surface area (Å²) >= 11 is 5.66. The van der Waals surface area contributed by atoms with Gasteiger partial charge in [0.1, 0.15) is 17.2 Å². The SMILES string of the molecule is CCOC(=O)c1cnc(-c2ccc(F)c(Cl)c2)[nH]c1=O. The van der Waals surface area contributed by atoms with Gasteiger partial charge in [0.25, 0.3) is 5.56 Å². The van der Waals surface area contributed by atoms with Crippen molar-refractivity contribution in [3.63, 3.8) is 0 Å². The second-order valence-electron chi connectivity index (χ2n) is 3.82. The van der Waals surface area contributed by atoms with Crippen LogP contribution in [0.3, 0.4) is 0 Å². The van der Waals surface area contributed by atoms with Crippen LogP contribution >= 0.6 is 11.6 Å². The van der Waals surface area contributed by atoms with Crippen LogP contribution in [-0.2, 0) is 4.74 Å². The first-order valence-corrected chi connectivity index (χ1v) is 6.12. The Morgan fingerprint density at radius 1 is 1.50 bits per heavy atom. The third-order valence-corrected chi connectivity index (χ3v) is 2.78. The number of halogens is 2. The van der Waals surface area contributed by atoms with E-state index in [2.05, 4.69) is 9.97 Å². The second-order valence-corrected chi connectivity index (χ2v) is 4.23. The molecule has 0 saturated carbocycles. The van der Waals surface area contributed by atoms with E-state index in [1.807, 2.05) is 0 Å². The van der Waals surface area contributed by atoms with Crippen molar-refractivity contribution in [2.45, 2.75) is 6.92 Å². The molecule has 0 aliphatic carbocycles. The third kappa shape index (κ3) is 2.85. The van der Waals surface area contributed by atoms with E-state index in [1.165, 1.54) is 12.1 Å². The lowest BCUT2D eigenvalue weighted by Gasteiger charge is -2.04. The number of benzene rings is 1. The number of carbonyl (C=O) groups is 1. The number of aromatic nitrogens is 2. The molecule has 0 radical (unpaired) electrons. The summed E-state index contributed by atoms with van der Waals surface area (Å²) in [6.45, 7) is 1.79. The van der Waals surface area contributed by atoms with Crippen molar-refractivity contribution in [2.75, 3.05) is 6.61 Å². The van der Waals surface area contributed by atoms with Gasteiger partial charge in [-0.1, -0.05) is 11.6 Å². The van der Waals surface area contributed by atoms with Crippen LogP contribution in [0.25, 0.3) is 11.4 Å². The Kier molecular flexibility index (Phi) is 4.14. The van der Waals surface area contributed by atoms with Crippen LogP contribution in [0.2, 0.25) is 5.02 Å². The normalized spacial score (nSPS) is 10.3. The maximum atomic E-state index is 13.1. The fourth-order valence-corrected chi connectivity index (χ4v) is 1.72. The lowest BCUT2D eigenvalue weighted by Crippen LogP contribution is -2.20. The van der Waals surface area contributed by atoms with Crippen LogP contribution in [0.15, 0.2) is 29.2 Å². The minimum atomic E-state index is -0.745. The standard InChI is InChI=1S/C13H10ClFN2O3/c1-2-20-13(19)8-6-16-11(17-12(8)18)7-3-4-10(15)9(14)5-7/h3-6H,2H2,1H3,(H,16,17,18). The lowest BCUT2D eigenvalue weighted by atomic mass is 10.2. The van der Waals surface area contributed by atoms with Crippen molar-refractivity contribution in [3.05, 3.63) is 51.2 Å². The molecule has 0 fully saturated rings. The lowest BCUT2D eigenvalue weighted by molar-refractivity contribution is 0.0524. The van der Waals surface area contributed by atoms with Crippen LogP contribution < -0.4 is 5.56 Å². The maximum Gasteiger partial charge on any atom is 0.345 e. The maximum absolute atomic E-state index is 13.1. The highest BCUT2D eigenvalue weighted by Gasteiger charge is 2.13.